The average molecular weight is 243 g/mol. The molecular weight excluding hydrogens is 228 g/mol. The molecular formula is C11H15BrO. The van der Waals surface area contributed by atoms with Crippen LogP contribution < -0.4 is 4.74 Å². The highest BCUT2D eigenvalue weighted by Gasteiger charge is 2.08. The molecule has 1 atom stereocenters. The van der Waals surface area contributed by atoms with Gasteiger partial charge in [-0.3, -0.25) is 0 Å². The number of methoxy groups -OCH3 is 1. The number of hydrogen-bond donors (Lipinski definition) is 0. The fraction of sp³-hybridized carbons (Fsp3) is 0.455. The zero-order valence-corrected chi connectivity index (χ0v) is 9.89. The molecule has 0 saturated carbocycles. The van der Waals surface area contributed by atoms with Crippen LogP contribution in [-0.2, 0) is 0 Å². The predicted octanol–water partition coefficient (Wildman–Crippen LogP) is 3.97. The molecule has 2 heteroatoms. The van der Waals surface area contributed by atoms with Crippen molar-refractivity contribution < 1.29 is 4.74 Å². The Morgan fingerprint density at radius 1 is 1.46 bits per heavy atom. The Kier molecular flexibility index (Phi) is 3.79. The summed E-state index contributed by atoms with van der Waals surface area (Å²) >= 11 is 3.55. The van der Waals surface area contributed by atoms with Gasteiger partial charge in [0.2, 0.25) is 0 Å². The molecule has 0 saturated heterocycles. The molecule has 1 nitrogen and oxygen atoms in total. The van der Waals surface area contributed by atoms with Gasteiger partial charge in [0, 0.05) is 4.47 Å². The lowest BCUT2D eigenvalue weighted by Crippen LogP contribution is -1.94. The summed E-state index contributed by atoms with van der Waals surface area (Å²) in [6.45, 7) is 4.41. The van der Waals surface area contributed by atoms with Crippen LogP contribution in [0.4, 0.5) is 0 Å². The van der Waals surface area contributed by atoms with Crippen molar-refractivity contribution in [2.45, 2.75) is 26.2 Å². The molecule has 1 rings (SSSR count). The Hall–Kier alpha value is -0.500. The molecule has 1 aromatic carbocycles. The SMILES string of the molecule is CCC(C)c1cc(OC)ccc1Br. The van der Waals surface area contributed by atoms with Crippen LogP contribution in [0.5, 0.6) is 5.75 Å². The Balaban J connectivity index is 3.03. The molecule has 0 aliphatic heterocycles. The van der Waals surface area contributed by atoms with Crippen LogP contribution in [-0.4, -0.2) is 7.11 Å². The molecule has 13 heavy (non-hydrogen) atoms. The van der Waals surface area contributed by atoms with E-state index in [1.54, 1.807) is 7.11 Å². The highest BCUT2D eigenvalue weighted by Crippen LogP contribution is 2.30. The normalized spacial score (nSPS) is 12.6. The van der Waals surface area contributed by atoms with Crippen LogP contribution in [0.25, 0.3) is 0 Å². The summed E-state index contributed by atoms with van der Waals surface area (Å²) < 4.78 is 6.35. The van der Waals surface area contributed by atoms with Crippen molar-refractivity contribution >= 4 is 15.9 Å². The minimum atomic E-state index is 0.574. The number of rotatable bonds is 3. The zero-order chi connectivity index (χ0) is 9.84. The van der Waals surface area contributed by atoms with Gasteiger partial charge in [-0.25, -0.2) is 0 Å². The number of benzene rings is 1. The van der Waals surface area contributed by atoms with E-state index < -0.39 is 0 Å². The van der Waals surface area contributed by atoms with Gasteiger partial charge < -0.3 is 4.74 Å². The van der Waals surface area contributed by atoms with Crippen molar-refractivity contribution in [2.24, 2.45) is 0 Å². The lowest BCUT2D eigenvalue weighted by Gasteiger charge is -2.12. The topological polar surface area (TPSA) is 9.23 Å². The van der Waals surface area contributed by atoms with Gasteiger partial charge in [-0.05, 0) is 36.1 Å². The summed E-state index contributed by atoms with van der Waals surface area (Å²) in [5, 5.41) is 0. The lowest BCUT2D eigenvalue weighted by molar-refractivity contribution is 0.413. The van der Waals surface area contributed by atoms with Crippen LogP contribution in [0.3, 0.4) is 0 Å². The van der Waals surface area contributed by atoms with Gasteiger partial charge in [0.1, 0.15) is 5.75 Å². The fourth-order valence-corrected chi connectivity index (χ4v) is 1.88. The Labute approximate surface area is 88.2 Å². The van der Waals surface area contributed by atoms with Crippen molar-refractivity contribution in [1.82, 2.24) is 0 Å². The van der Waals surface area contributed by atoms with Crippen LogP contribution in [0.1, 0.15) is 31.7 Å². The Bertz CT molecular complexity index is 283. The monoisotopic (exact) mass is 242 g/mol. The van der Waals surface area contributed by atoms with Gasteiger partial charge in [0.05, 0.1) is 7.11 Å². The van der Waals surface area contributed by atoms with E-state index in [4.69, 9.17) is 4.74 Å². The molecule has 0 radical (unpaired) electrons. The molecule has 1 aromatic rings. The zero-order valence-electron chi connectivity index (χ0n) is 8.30. The molecule has 0 heterocycles. The molecule has 0 bridgehead atoms. The first kappa shape index (κ1) is 10.6. The third-order valence-corrected chi connectivity index (χ3v) is 3.07. The van der Waals surface area contributed by atoms with Gasteiger partial charge >= 0.3 is 0 Å². The summed E-state index contributed by atoms with van der Waals surface area (Å²) in [5.74, 6) is 1.50. The first-order chi connectivity index (χ1) is 6.19. The largest absolute Gasteiger partial charge is 0.497 e. The van der Waals surface area contributed by atoms with E-state index in [0.717, 1.165) is 12.2 Å². The van der Waals surface area contributed by atoms with Crippen LogP contribution >= 0.6 is 15.9 Å². The maximum absolute atomic E-state index is 5.18. The maximum atomic E-state index is 5.18. The third kappa shape index (κ3) is 2.47. The second-order valence-electron chi connectivity index (χ2n) is 3.20. The molecule has 0 aromatic heterocycles. The molecule has 72 valence electrons. The molecule has 0 N–H and O–H groups in total. The van der Waals surface area contributed by atoms with Crippen molar-refractivity contribution in [3.05, 3.63) is 28.2 Å². The van der Waals surface area contributed by atoms with Crippen LogP contribution in [0, 0.1) is 0 Å². The second kappa shape index (κ2) is 4.66. The number of ether oxygens (including phenoxy) is 1. The van der Waals surface area contributed by atoms with Crippen LogP contribution in [0.2, 0.25) is 0 Å². The molecule has 0 spiro atoms. The highest BCUT2D eigenvalue weighted by atomic mass is 79.9. The molecule has 0 amide bonds. The average Bonchev–Trinajstić information content (AvgIpc) is 2.17. The van der Waals surface area contributed by atoms with Crippen molar-refractivity contribution in [3.8, 4) is 5.75 Å². The predicted molar refractivity (Wildman–Crippen MR) is 59.4 cm³/mol. The van der Waals surface area contributed by atoms with Crippen molar-refractivity contribution in [3.63, 3.8) is 0 Å². The summed E-state index contributed by atoms with van der Waals surface area (Å²) in [6.07, 6.45) is 1.14. The van der Waals surface area contributed by atoms with E-state index in [2.05, 4.69) is 35.8 Å². The van der Waals surface area contributed by atoms with E-state index in [1.807, 2.05) is 12.1 Å². The van der Waals surface area contributed by atoms with E-state index in [-0.39, 0.29) is 0 Å². The van der Waals surface area contributed by atoms with Crippen molar-refractivity contribution in [1.29, 1.82) is 0 Å². The third-order valence-electron chi connectivity index (χ3n) is 2.35. The van der Waals surface area contributed by atoms with E-state index >= 15 is 0 Å². The van der Waals surface area contributed by atoms with E-state index in [1.165, 1.54) is 10.0 Å². The maximum Gasteiger partial charge on any atom is 0.119 e. The summed E-state index contributed by atoms with van der Waals surface area (Å²) in [4.78, 5) is 0. The minimum Gasteiger partial charge on any atom is -0.497 e. The quantitative estimate of drug-likeness (QED) is 0.780. The first-order valence-corrected chi connectivity index (χ1v) is 5.31. The molecule has 0 aliphatic rings. The van der Waals surface area contributed by atoms with Crippen molar-refractivity contribution in [2.75, 3.05) is 7.11 Å². The Morgan fingerprint density at radius 2 is 2.15 bits per heavy atom. The smallest absolute Gasteiger partial charge is 0.119 e. The first-order valence-electron chi connectivity index (χ1n) is 4.52. The molecule has 0 aliphatic carbocycles. The summed E-state index contributed by atoms with van der Waals surface area (Å²) in [5.41, 5.74) is 1.32. The number of halogens is 1. The van der Waals surface area contributed by atoms with E-state index in [9.17, 15) is 0 Å². The molecule has 0 fully saturated rings. The van der Waals surface area contributed by atoms with Gasteiger partial charge in [0.15, 0.2) is 0 Å². The second-order valence-corrected chi connectivity index (χ2v) is 4.05. The summed E-state index contributed by atoms with van der Waals surface area (Å²) in [6, 6.07) is 6.11. The molecule has 1 unspecified atom stereocenters. The number of hydrogen-bond acceptors (Lipinski definition) is 1. The van der Waals surface area contributed by atoms with Gasteiger partial charge in [-0.2, -0.15) is 0 Å². The van der Waals surface area contributed by atoms with Crippen LogP contribution in [0.15, 0.2) is 22.7 Å². The van der Waals surface area contributed by atoms with Gasteiger partial charge in [0.25, 0.3) is 0 Å². The van der Waals surface area contributed by atoms with Gasteiger partial charge in [-0.1, -0.05) is 29.8 Å². The fourth-order valence-electron chi connectivity index (χ4n) is 1.25. The summed E-state index contributed by atoms with van der Waals surface area (Å²) in [7, 11) is 1.70. The minimum absolute atomic E-state index is 0.574. The Morgan fingerprint density at radius 3 is 2.69 bits per heavy atom. The lowest BCUT2D eigenvalue weighted by atomic mass is 9.99. The van der Waals surface area contributed by atoms with Gasteiger partial charge in [-0.15, -0.1) is 0 Å². The highest BCUT2D eigenvalue weighted by molar-refractivity contribution is 9.10. The van der Waals surface area contributed by atoms with E-state index in [0.29, 0.717) is 5.92 Å². The standard InChI is InChI=1S/C11H15BrO/c1-4-8(2)10-7-9(13-3)5-6-11(10)12/h5-8H,4H2,1-3H3.